The summed E-state index contributed by atoms with van der Waals surface area (Å²) in [7, 11) is 1.36. The van der Waals surface area contributed by atoms with Gasteiger partial charge in [-0.15, -0.1) is 0 Å². The monoisotopic (exact) mass is 352 g/mol. The molecule has 2 atom stereocenters. The van der Waals surface area contributed by atoms with Gasteiger partial charge in [0.1, 0.15) is 5.60 Å². The molecule has 0 aromatic carbocycles. The Hall–Kier alpha value is -2.09. The summed E-state index contributed by atoms with van der Waals surface area (Å²) in [5, 5.41) is 4.38. The minimum absolute atomic E-state index is 0.0545. The van der Waals surface area contributed by atoms with Crippen LogP contribution in [0.1, 0.15) is 51.3 Å². The van der Waals surface area contributed by atoms with Gasteiger partial charge in [-0.1, -0.05) is 0 Å². The SMILES string of the molecule is COC(=O)C(CCN)c1cnn2c1CN(C(=O)OC(C)(C)C)[C@@H](C)C2. The molecule has 25 heavy (non-hydrogen) atoms. The molecule has 0 spiro atoms. The molecule has 2 heterocycles. The molecule has 1 aliphatic heterocycles. The van der Waals surface area contributed by atoms with E-state index in [4.69, 9.17) is 15.2 Å². The van der Waals surface area contributed by atoms with E-state index in [0.717, 1.165) is 11.3 Å². The van der Waals surface area contributed by atoms with Crippen LogP contribution < -0.4 is 5.73 Å². The number of ether oxygens (including phenoxy) is 2. The number of esters is 1. The number of carbonyl (C=O) groups is 2. The Morgan fingerprint density at radius 2 is 2.12 bits per heavy atom. The molecule has 140 valence electrons. The van der Waals surface area contributed by atoms with Gasteiger partial charge < -0.3 is 15.2 Å². The predicted molar refractivity (Wildman–Crippen MR) is 91.9 cm³/mol. The first-order valence-electron chi connectivity index (χ1n) is 8.50. The fraction of sp³-hybridized carbons (Fsp3) is 0.706. The van der Waals surface area contributed by atoms with E-state index < -0.39 is 11.5 Å². The van der Waals surface area contributed by atoms with Crippen LogP contribution in [0, 0.1) is 0 Å². The zero-order valence-corrected chi connectivity index (χ0v) is 15.6. The summed E-state index contributed by atoms with van der Waals surface area (Å²) < 4.78 is 12.2. The van der Waals surface area contributed by atoms with Crippen molar-refractivity contribution in [1.29, 1.82) is 0 Å². The summed E-state index contributed by atoms with van der Waals surface area (Å²) in [6.45, 7) is 8.70. The Kier molecular flexibility index (Phi) is 5.72. The number of carbonyl (C=O) groups excluding carboxylic acids is 2. The van der Waals surface area contributed by atoms with Crippen LogP contribution in [0.2, 0.25) is 0 Å². The predicted octanol–water partition coefficient (Wildman–Crippen LogP) is 1.63. The van der Waals surface area contributed by atoms with Crippen LogP contribution in [0.4, 0.5) is 4.79 Å². The number of hydrogen-bond acceptors (Lipinski definition) is 6. The lowest BCUT2D eigenvalue weighted by Gasteiger charge is -2.36. The van der Waals surface area contributed by atoms with E-state index in [2.05, 4.69) is 5.10 Å². The van der Waals surface area contributed by atoms with Crippen LogP contribution in [0.15, 0.2) is 6.20 Å². The van der Waals surface area contributed by atoms with Gasteiger partial charge in [-0.3, -0.25) is 14.4 Å². The number of nitrogens with two attached hydrogens (primary N) is 1. The number of nitrogens with zero attached hydrogens (tertiary/aromatic N) is 3. The molecule has 0 radical (unpaired) electrons. The van der Waals surface area contributed by atoms with Crippen LogP contribution in [-0.4, -0.2) is 52.0 Å². The van der Waals surface area contributed by atoms with Gasteiger partial charge >= 0.3 is 12.1 Å². The van der Waals surface area contributed by atoms with Gasteiger partial charge in [-0.25, -0.2) is 4.79 Å². The van der Waals surface area contributed by atoms with Gasteiger partial charge in [-0.05, 0) is 40.7 Å². The minimum Gasteiger partial charge on any atom is -0.469 e. The third kappa shape index (κ3) is 4.31. The summed E-state index contributed by atoms with van der Waals surface area (Å²) >= 11 is 0. The molecular formula is C17H28N4O4. The molecule has 1 amide bonds. The van der Waals surface area contributed by atoms with E-state index in [9.17, 15) is 9.59 Å². The standard InChI is InChI=1S/C17H28N4O4/c1-11-9-21-14(10-20(11)16(23)25-17(2,3)4)13(8-19-21)12(6-7-18)15(22)24-5/h8,11-12H,6-7,9-10,18H2,1-5H3/t11-,12?/m0/s1. The van der Waals surface area contributed by atoms with Gasteiger partial charge in [0.05, 0.1) is 44.0 Å². The highest BCUT2D eigenvalue weighted by Gasteiger charge is 2.35. The van der Waals surface area contributed by atoms with Crippen LogP contribution in [0.5, 0.6) is 0 Å². The Bertz CT molecular complexity index is 635. The van der Waals surface area contributed by atoms with E-state index in [1.165, 1.54) is 7.11 Å². The Morgan fingerprint density at radius 3 is 2.68 bits per heavy atom. The summed E-state index contributed by atoms with van der Waals surface area (Å²) in [6, 6.07) is -0.0545. The normalized spacial score (nSPS) is 18.5. The van der Waals surface area contributed by atoms with Gasteiger partial charge in [-0.2, -0.15) is 5.10 Å². The molecule has 0 saturated heterocycles. The number of amides is 1. The second-order valence-electron chi connectivity index (χ2n) is 7.34. The van der Waals surface area contributed by atoms with E-state index in [1.54, 1.807) is 11.1 Å². The summed E-state index contributed by atoms with van der Waals surface area (Å²) in [5.41, 5.74) is 6.68. The summed E-state index contributed by atoms with van der Waals surface area (Å²) in [5.74, 6) is -0.823. The maximum Gasteiger partial charge on any atom is 0.410 e. The maximum absolute atomic E-state index is 12.5. The molecule has 0 saturated carbocycles. The van der Waals surface area contributed by atoms with Crippen LogP contribution in [0.3, 0.4) is 0 Å². The number of rotatable bonds is 4. The number of aromatic nitrogens is 2. The maximum atomic E-state index is 12.5. The van der Waals surface area contributed by atoms with Crippen molar-refractivity contribution >= 4 is 12.1 Å². The molecule has 0 bridgehead atoms. The van der Waals surface area contributed by atoms with Crippen molar-refractivity contribution in [3.05, 3.63) is 17.5 Å². The molecule has 1 aromatic rings. The minimum atomic E-state index is -0.564. The molecule has 2 rings (SSSR count). The first kappa shape index (κ1) is 19.2. The Morgan fingerprint density at radius 1 is 1.44 bits per heavy atom. The van der Waals surface area contributed by atoms with E-state index in [0.29, 0.717) is 26.1 Å². The fourth-order valence-electron chi connectivity index (χ4n) is 2.99. The average Bonchev–Trinajstić information content (AvgIpc) is 2.91. The topological polar surface area (TPSA) is 99.7 Å². The first-order chi connectivity index (χ1) is 11.7. The van der Waals surface area contributed by atoms with Crippen molar-refractivity contribution < 1.29 is 19.1 Å². The molecule has 2 N–H and O–H groups in total. The van der Waals surface area contributed by atoms with Crippen molar-refractivity contribution in [1.82, 2.24) is 14.7 Å². The van der Waals surface area contributed by atoms with Gasteiger partial charge in [0.25, 0.3) is 0 Å². The van der Waals surface area contributed by atoms with Crippen molar-refractivity contribution in [2.75, 3.05) is 13.7 Å². The molecule has 0 fully saturated rings. The highest BCUT2D eigenvalue weighted by atomic mass is 16.6. The third-order valence-corrected chi connectivity index (χ3v) is 4.21. The van der Waals surface area contributed by atoms with E-state index in [-0.39, 0.29) is 18.1 Å². The lowest BCUT2D eigenvalue weighted by Crippen LogP contribution is -2.47. The summed E-state index contributed by atoms with van der Waals surface area (Å²) in [4.78, 5) is 26.3. The fourth-order valence-corrected chi connectivity index (χ4v) is 2.99. The molecule has 0 aliphatic carbocycles. The lowest BCUT2D eigenvalue weighted by molar-refractivity contribution is -0.142. The van der Waals surface area contributed by atoms with Crippen molar-refractivity contribution in [2.24, 2.45) is 5.73 Å². The molecule has 1 aliphatic rings. The Labute approximate surface area is 148 Å². The number of methoxy groups -OCH3 is 1. The molecule has 8 nitrogen and oxygen atoms in total. The third-order valence-electron chi connectivity index (χ3n) is 4.21. The zero-order chi connectivity index (χ0) is 18.8. The Balaban J connectivity index is 2.29. The smallest absolute Gasteiger partial charge is 0.410 e. The molecule has 1 aromatic heterocycles. The average molecular weight is 352 g/mol. The van der Waals surface area contributed by atoms with Crippen LogP contribution >= 0.6 is 0 Å². The van der Waals surface area contributed by atoms with E-state index >= 15 is 0 Å². The molecular weight excluding hydrogens is 324 g/mol. The quantitative estimate of drug-likeness (QED) is 0.827. The second-order valence-corrected chi connectivity index (χ2v) is 7.34. The first-order valence-corrected chi connectivity index (χ1v) is 8.50. The van der Waals surface area contributed by atoms with Gasteiger partial charge in [0.2, 0.25) is 0 Å². The van der Waals surface area contributed by atoms with Crippen molar-refractivity contribution in [3.8, 4) is 0 Å². The molecule has 1 unspecified atom stereocenters. The van der Waals surface area contributed by atoms with Crippen molar-refractivity contribution in [2.45, 2.75) is 64.8 Å². The highest BCUT2D eigenvalue weighted by molar-refractivity contribution is 5.78. The number of fused-ring (bicyclic) bond motifs is 1. The van der Waals surface area contributed by atoms with Crippen LogP contribution in [0.25, 0.3) is 0 Å². The van der Waals surface area contributed by atoms with E-state index in [1.807, 2.05) is 32.4 Å². The number of hydrogen-bond donors (Lipinski definition) is 1. The second kappa shape index (κ2) is 7.43. The largest absolute Gasteiger partial charge is 0.469 e. The van der Waals surface area contributed by atoms with Crippen molar-refractivity contribution in [3.63, 3.8) is 0 Å². The lowest BCUT2D eigenvalue weighted by atomic mass is 9.95. The van der Waals surface area contributed by atoms with Gasteiger partial charge in [0.15, 0.2) is 0 Å². The van der Waals surface area contributed by atoms with Crippen LogP contribution in [-0.2, 0) is 27.4 Å². The van der Waals surface area contributed by atoms with Gasteiger partial charge in [0, 0.05) is 5.56 Å². The highest BCUT2D eigenvalue weighted by Crippen LogP contribution is 2.29. The zero-order valence-electron chi connectivity index (χ0n) is 15.6. The molecule has 8 heteroatoms. The summed E-state index contributed by atoms with van der Waals surface area (Å²) in [6.07, 6.45) is 1.78.